The molecule has 4 rings (SSSR count). The maximum Gasteiger partial charge on any atom is 0.556 e. The molecule has 3 nitrogen and oxygen atoms in total. The molecule has 0 N–H and O–H groups in total. The quantitative estimate of drug-likeness (QED) is 0.529. The van der Waals surface area contributed by atoms with Crippen LogP contribution in [-0.2, 0) is 13.9 Å². The average Bonchev–Trinajstić information content (AvgIpc) is 2.73. The maximum atomic E-state index is 6.16. The Balaban J connectivity index is 1.58. The van der Waals surface area contributed by atoms with E-state index >= 15 is 0 Å². The summed E-state index contributed by atoms with van der Waals surface area (Å²) in [6.07, 6.45) is 9.76. The molecule has 0 amide bonds. The number of esters is 1. The van der Waals surface area contributed by atoms with E-state index in [0.29, 0.717) is 18.1 Å². The topological polar surface area (TPSA) is 29.8 Å². The average molecular weight is 223 g/mol. The van der Waals surface area contributed by atoms with Crippen LogP contribution >= 0.6 is 0 Å². The number of fused-ring (bicyclic) bond motifs is 2. The Morgan fingerprint density at radius 2 is 2.06 bits per heavy atom. The lowest BCUT2D eigenvalue weighted by molar-refractivity contribution is -0.359. The molecule has 2 bridgehead atoms. The third kappa shape index (κ3) is 1.33. The molecule has 0 aromatic heterocycles. The minimum absolute atomic E-state index is 0.0751. The summed E-state index contributed by atoms with van der Waals surface area (Å²) in [5, 5.41) is 0. The fourth-order valence-electron chi connectivity index (χ4n) is 4.03. The standard InChI is InChI=1S/C13H19O3/c1-2-6-13(5-1,16-12-8-14-12)10-7-9-3-4-11(10)15-9/h9-11H,1-8H2/q+1. The van der Waals surface area contributed by atoms with Gasteiger partial charge in [-0.25, -0.2) is 0 Å². The largest absolute Gasteiger partial charge is 0.556 e. The van der Waals surface area contributed by atoms with Crippen LogP contribution in [0.15, 0.2) is 0 Å². The molecule has 4 aliphatic rings. The van der Waals surface area contributed by atoms with Crippen molar-refractivity contribution >= 4 is 5.97 Å². The maximum absolute atomic E-state index is 6.16. The Kier molecular flexibility index (Phi) is 1.90. The Labute approximate surface area is 95.8 Å². The second-order valence-corrected chi connectivity index (χ2v) is 5.75. The predicted octanol–water partition coefficient (Wildman–Crippen LogP) is 1.96. The van der Waals surface area contributed by atoms with E-state index in [0.717, 1.165) is 12.6 Å². The molecule has 3 heterocycles. The zero-order valence-corrected chi connectivity index (χ0v) is 9.61. The number of carbonyl (C=O) groups excluding carboxylic acids is 1. The first-order chi connectivity index (χ1) is 7.86. The van der Waals surface area contributed by atoms with Crippen molar-refractivity contribution in [2.75, 3.05) is 6.61 Å². The molecule has 1 saturated carbocycles. The van der Waals surface area contributed by atoms with E-state index in [9.17, 15) is 0 Å². The lowest BCUT2D eigenvalue weighted by Crippen LogP contribution is -2.43. The zero-order chi connectivity index (χ0) is 10.6. The molecule has 0 spiro atoms. The van der Waals surface area contributed by atoms with Crippen LogP contribution in [-0.4, -0.2) is 30.4 Å². The molecule has 88 valence electrons. The lowest BCUT2D eigenvalue weighted by atomic mass is 9.75. The van der Waals surface area contributed by atoms with Gasteiger partial charge in [-0.15, -0.1) is 0 Å². The highest BCUT2D eigenvalue weighted by Crippen LogP contribution is 2.51. The molecule has 1 aliphatic carbocycles. The van der Waals surface area contributed by atoms with E-state index in [1.165, 1.54) is 44.9 Å². The Bertz CT molecular complexity index is 330. The van der Waals surface area contributed by atoms with Crippen molar-refractivity contribution in [2.45, 2.75) is 62.8 Å². The van der Waals surface area contributed by atoms with Crippen molar-refractivity contribution in [3.05, 3.63) is 0 Å². The highest BCUT2D eigenvalue weighted by molar-refractivity contribution is 5.78. The molecule has 0 aromatic rings. The summed E-state index contributed by atoms with van der Waals surface area (Å²) in [7, 11) is 0. The van der Waals surface area contributed by atoms with Crippen molar-refractivity contribution < 1.29 is 13.9 Å². The van der Waals surface area contributed by atoms with Gasteiger partial charge < -0.3 is 9.47 Å². The molecule has 3 heteroatoms. The van der Waals surface area contributed by atoms with Crippen LogP contribution < -0.4 is 0 Å². The van der Waals surface area contributed by atoms with Gasteiger partial charge in [-0.05, 0) is 32.1 Å². The van der Waals surface area contributed by atoms with E-state index in [1.54, 1.807) is 0 Å². The Morgan fingerprint density at radius 3 is 2.62 bits per heavy atom. The summed E-state index contributed by atoms with van der Waals surface area (Å²) in [6, 6.07) is 0. The van der Waals surface area contributed by atoms with Crippen LogP contribution in [0.1, 0.15) is 44.9 Å². The summed E-state index contributed by atoms with van der Waals surface area (Å²) >= 11 is 0. The van der Waals surface area contributed by atoms with Gasteiger partial charge in [-0.2, -0.15) is 0 Å². The summed E-state index contributed by atoms with van der Waals surface area (Å²) in [5.41, 5.74) is 0.0751. The van der Waals surface area contributed by atoms with Gasteiger partial charge in [-0.1, -0.05) is 0 Å². The molecule has 3 fully saturated rings. The van der Waals surface area contributed by atoms with Crippen molar-refractivity contribution in [1.82, 2.24) is 0 Å². The molecule has 3 atom stereocenters. The zero-order valence-electron chi connectivity index (χ0n) is 9.61. The number of hydrogen-bond acceptors (Lipinski definition) is 2. The Hall–Kier alpha value is -0.570. The first-order valence-corrected chi connectivity index (χ1v) is 6.69. The van der Waals surface area contributed by atoms with E-state index in [-0.39, 0.29) is 5.60 Å². The third-order valence-corrected chi connectivity index (χ3v) is 4.81. The van der Waals surface area contributed by atoms with E-state index < -0.39 is 0 Å². The van der Waals surface area contributed by atoms with Crippen molar-refractivity contribution in [2.24, 2.45) is 5.92 Å². The highest BCUT2D eigenvalue weighted by Gasteiger charge is 2.60. The van der Waals surface area contributed by atoms with Gasteiger partial charge in [0, 0.05) is 12.8 Å². The van der Waals surface area contributed by atoms with Gasteiger partial charge in [0.2, 0.25) is 5.60 Å². The molecular weight excluding hydrogens is 204 g/mol. The monoisotopic (exact) mass is 223 g/mol. The van der Waals surface area contributed by atoms with E-state index in [4.69, 9.17) is 13.9 Å². The molecule has 3 aliphatic heterocycles. The molecule has 2 saturated heterocycles. The number of ether oxygens (including phenoxy) is 2. The van der Waals surface area contributed by atoms with Gasteiger partial charge in [0.25, 0.3) is 0 Å². The van der Waals surface area contributed by atoms with Gasteiger partial charge in [0.15, 0.2) is 0 Å². The van der Waals surface area contributed by atoms with Crippen molar-refractivity contribution in [1.29, 1.82) is 0 Å². The second kappa shape index (κ2) is 3.22. The van der Waals surface area contributed by atoms with Crippen LogP contribution in [0, 0.1) is 5.92 Å². The molecule has 0 radical (unpaired) electrons. The summed E-state index contributed by atoms with van der Waals surface area (Å²) in [5.74, 6) is 1.51. The first-order valence-electron chi connectivity index (χ1n) is 6.69. The normalized spacial score (nSPS) is 43.5. The highest BCUT2D eigenvalue weighted by atomic mass is 16.7. The van der Waals surface area contributed by atoms with Crippen LogP contribution in [0.25, 0.3) is 0 Å². The fourth-order valence-corrected chi connectivity index (χ4v) is 4.03. The minimum atomic E-state index is 0.0751. The fraction of sp³-hybridized carbons (Fsp3) is 0.923. The van der Waals surface area contributed by atoms with Crippen molar-refractivity contribution in [3.63, 3.8) is 0 Å². The first kappa shape index (κ1) is 9.46. The smallest absolute Gasteiger partial charge is 0.374 e. The summed E-state index contributed by atoms with van der Waals surface area (Å²) in [6.45, 7) is 0.726. The molecular formula is C13H19O3+. The summed E-state index contributed by atoms with van der Waals surface area (Å²) in [4.78, 5) is 0. The van der Waals surface area contributed by atoms with Gasteiger partial charge >= 0.3 is 12.6 Å². The molecule has 0 aromatic carbocycles. The van der Waals surface area contributed by atoms with Crippen molar-refractivity contribution in [3.8, 4) is 0 Å². The minimum Gasteiger partial charge on any atom is -0.374 e. The van der Waals surface area contributed by atoms with Crippen LogP contribution in [0.5, 0.6) is 0 Å². The number of hydrogen-bond donors (Lipinski definition) is 0. The van der Waals surface area contributed by atoms with Gasteiger partial charge in [0.1, 0.15) is 0 Å². The third-order valence-electron chi connectivity index (χ3n) is 4.81. The van der Waals surface area contributed by atoms with Crippen LogP contribution in [0.3, 0.4) is 0 Å². The molecule has 16 heavy (non-hydrogen) atoms. The van der Waals surface area contributed by atoms with Gasteiger partial charge in [0.05, 0.1) is 18.1 Å². The Morgan fingerprint density at radius 1 is 1.25 bits per heavy atom. The lowest BCUT2D eigenvalue weighted by Gasteiger charge is -2.31. The van der Waals surface area contributed by atoms with Crippen LogP contribution in [0.4, 0.5) is 0 Å². The van der Waals surface area contributed by atoms with Crippen LogP contribution in [0.2, 0.25) is 0 Å². The predicted molar refractivity (Wildman–Crippen MR) is 58.2 cm³/mol. The molecule has 3 unspecified atom stereocenters. The summed E-state index contributed by atoms with van der Waals surface area (Å²) < 4.78 is 17.3. The number of rotatable bonds is 2. The van der Waals surface area contributed by atoms with E-state index in [2.05, 4.69) is 0 Å². The van der Waals surface area contributed by atoms with Gasteiger partial charge in [-0.3, -0.25) is 4.42 Å². The van der Waals surface area contributed by atoms with E-state index in [1.807, 2.05) is 0 Å². The SMILES string of the molecule is C1CCC(OC2=[O+]C2)(C2CC3CCC2O3)C1. The second-order valence-electron chi connectivity index (χ2n) is 5.75.